The minimum absolute atomic E-state index is 0.0401. The van der Waals surface area contributed by atoms with Crippen molar-refractivity contribution < 1.29 is 9.32 Å². The number of rotatable bonds is 4. The minimum Gasteiger partial charge on any atom is -0.341 e. The molecule has 0 bridgehead atoms. The lowest BCUT2D eigenvalue weighted by molar-refractivity contribution is 0.0895. The Morgan fingerprint density at radius 3 is 2.57 bits per heavy atom. The number of halogens is 1. The van der Waals surface area contributed by atoms with Gasteiger partial charge in [0.1, 0.15) is 11.5 Å². The highest BCUT2D eigenvalue weighted by Crippen LogP contribution is 2.25. The van der Waals surface area contributed by atoms with Crippen LogP contribution in [0.3, 0.4) is 0 Å². The Bertz CT molecular complexity index is 1010. The van der Waals surface area contributed by atoms with Crippen molar-refractivity contribution in [3.63, 3.8) is 0 Å². The maximum Gasteiger partial charge on any atom is 0.315 e. The second-order valence-electron chi connectivity index (χ2n) is 7.67. The fraction of sp³-hybridized carbons (Fsp3) is 0.350. The number of aromatic nitrogens is 4. The molecule has 7 nitrogen and oxygen atoms in total. The number of nitrogens with one attached hydrogen (secondary N) is 1. The van der Waals surface area contributed by atoms with E-state index in [2.05, 4.69) is 25.4 Å². The van der Waals surface area contributed by atoms with Crippen LogP contribution in [-0.2, 0) is 5.41 Å². The predicted octanol–water partition coefficient (Wildman–Crippen LogP) is 4.28. The number of carbonyl (C=O) groups excluding carboxylic acids is 1. The number of nitrogens with zero attached hydrogens (tertiary/aromatic N) is 4. The molecule has 0 aliphatic heterocycles. The second kappa shape index (κ2) is 7.67. The molecular formula is C20H22ClN5O2. The van der Waals surface area contributed by atoms with Crippen molar-refractivity contribution in [2.75, 3.05) is 0 Å². The van der Waals surface area contributed by atoms with Crippen LogP contribution in [0.25, 0.3) is 11.3 Å². The zero-order valence-corrected chi connectivity index (χ0v) is 17.2. The smallest absolute Gasteiger partial charge is 0.315 e. The molecule has 0 saturated heterocycles. The molecular weight excluding hydrogens is 378 g/mol. The topological polar surface area (TPSA) is 93.8 Å². The molecule has 3 rings (SSSR count). The first-order valence-electron chi connectivity index (χ1n) is 8.88. The van der Waals surface area contributed by atoms with Crippen molar-refractivity contribution >= 4 is 17.5 Å². The highest BCUT2D eigenvalue weighted by atomic mass is 35.5. The van der Waals surface area contributed by atoms with E-state index in [1.54, 1.807) is 6.07 Å². The lowest BCUT2D eigenvalue weighted by Crippen LogP contribution is -2.27. The summed E-state index contributed by atoms with van der Waals surface area (Å²) in [6, 6.07) is 7.37. The van der Waals surface area contributed by atoms with Gasteiger partial charge in [0.05, 0.1) is 11.7 Å². The van der Waals surface area contributed by atoms with E-state index >= 15 is 0 Å². The van der Waals surface area contributed by atoms with E-state index in [1.165, 1.54) is 6.33 Å². The van der Waals surface area contributed by atoms with E-state index in [1.807, 2.05) is 52.8 Å². The summed E-state index contributed by atoms with van der Waals surface area (Å²) in [7, 11) is 0. The summed E-state index contributed by atoms with van der Waals surface area (Å²) < 4.78 is 5.11. The van der Waals surface area contributed by atoms with Gasteiger partial charge < -0.3 is 9.84 Å². The third-order valence-electron chi connectivity index (χ3n) is 4.30. The standard InChI is InChI=1S/C20H22ClN5O2/c1-11-8-13(15-9-16(21)23-10-22-15)6-7-14(11)12(2)24-17(27)18-25-19(26-28-18)20(3,4)5/h6-10,12H,1-5H3,(H,24,27). The molecule has 1 N–H and O–H groups in total. The van der Waals surface area contributed by atoms with Crippen LogP contribution < -0.4 is 5.32 Å². The first-order valence-corrected chi connectivity index (χ1v) is 9.26. The fourth-order valence-electron chi connectivity index (χ4n) is 2.77. The molecule has 3 aromatic rings. The molecule has 1 atom stereocenters. The van der Waals surface area contributed by atoms with Gasteiger partial charge in [-0.1, -0.05) is 49.7 Å². The highest BCUT2D eigenvalue weighted by Gasteiger charge is 2.24. The zero-order chi connectivity index (χ0) is 20.5. The monoisotopic (exact) mass is 399 g/mol. The average Bonchev–Trinajstić information content (AvgIpc) is 3.12. The number of hydrogen-bond acceptors (Lipinski definition) is 6. The van der Waals surface area contributed by atoms with Crippen molar-refractivity contribution in [3.05, 3.63) is 58.6 Å². The highest BCUT2D eigenvalue weighted by molar-refractivity contribution is 6.29. The lowest BCUT2D eigenvalue weighted by Gasteiger charge is -2.16. The molecule has 0 aliphatic carbocycles. The first-order chi connectivity index (χ1) is 13.1. The van der Waals surface area contributed by atoms with Crippen LogP contribution in [0.15, 0.2) is 35.1 Å². The Morgan fingerprint density at radius 2 is 1.96 bits per heavy atom. The molecule has 2 aromatic heterocycles. The third-order valence-corrected chi connectivity index (χ3v) is 4.51. The summed E-state index contributed by atoms with van der Waals surface area (Å²) in [5, 5.41) is 7.18. The quantitative estimate of drug-likeness (QED) is 0.658. The molecule has 0 saturated carbocycles. The Balaban J connectivity index is 1.76. The van der Waals surface area contributed by atoms with E-state index in [9.17, 15) is 4.79 Å². The molecule has 28 heavy (non-hydrogen) atoms. The molecule has 146 valence electrons. The number of hydrogen-bond donors (Lipinski definition) is 1. The summed E-state index contributed by atoms with van der Waals surface area (Å²) in [6.45, 7) is 9.75. The van der Waals surface area contributed by atoms with Gasteiger partial charge in [-0.15, -0.1) is 0 Å². The SMILES string of the molecule is Cc1cc(-c2cc(Cl)ncn2)ccc1C(C)NC(=O)c1nc(C(C)(C)C)no1. The van der Waals surface area contributed by atoms with E-state index in [0.29, 0.717) is 11.0 Å². The Kier molecular flexibility index (Phi) is 5.47. The van der Waals surface area contributed by atoms with Crippen LogP contribution in [0.1, 0.15) is 61.4 Å². The Morgan fingerprint density at radius 1 is 1.21 bits per heavy atom. The van der Waals surface area contributed by atoms with E-state index < -0.39 is 5.91 Å². The fourth-order valence-corrected chi connectivity index (χ4v) is 2.92. The van der Waals surface area contributed by atoms with Gasteiger partial charge in [0.25, 0.3) is 0 Å². The molecule has 0 fully saturated rings. The molecule has 0 radical (unpaired) electrons. The van der Waals surface area contributed by atoms with Gasteiger partial charge in [-0.05, 0) is 31.0 Å². The summed E-state index contributed by atoms with van der Waals surface area (Å²) in [5.41, 5.74) is 3.38. The molecule has 1 unspecified atom stereocenters. The van der Waals surface area contributed by atoms with Crippen molar-refractivity contribution in [1.82, 2.24) is 25.4 Å². The largest absolute Gasteiger partial charge is 0.341 e. The van der Waals surface area contributed by atoms with Gasteiger partial charge >= 0.3 is 11.8 Å². The molecule has 1 amide bonds. The molecule has 0 spiro atoms. The van der Waals surface area contributed by atoms with Gasteiger partial charge in [-0.2, -0.15) is 4.98 Å². The van der Waals surface area contributed by atoms with E-state index in [0.717, 1.165) is 22.4 Å². The number of carbonyl (C=O) groups is 1. The van der Waals surface area contributed by atoms with Crippen molar-refractivity contribution in [2.45, 2.75) is 46.1 Å². The molecule has 2 heterocycles. The van der Waals surface area contributed by atoms with Crippen LogP contribution in [-0.4, -0.2) is 26.0 Å². The zero-order valence-electron chi connectivity index (χ0n) is 16.4. The Hall–Kier alpha value is -2.80. The predicted molar refractivity (Wildman–Crippen MR) is 106 cm³/mol. The minimum atomic E-state index is -0.401. The van der Waals surface area contributed by atoms with Gasteiger partial charge in [0.15, 0.2) is 5.82 Å². The van der Waals surface area contributed by atoms with Crippen molar-refractivity contribution in [3.8, 4) is 11.3 Å². The third kappa shape index (κ3) is 4.36. The summed E-state index contributed by atoms with van der Waals surface area (Å²) in [5.74, 6) is 0.0533. The van der Waals surface area contributed by atoms with Gasteiger partial charge in [0, 0.05) is 17.0 Å². The number of amides is 1. The summed E-state index contributed by atoms with van der Waals surface area (Å²) >= 11 is 5.94. The maximum atomic E-state index is 12.5. The normalized spacial score (nSPS) is 12.6. The Labute approximate surface area is 168 Å². The van der Waals surface area contributed by atoms with Gasteiger partial charge in [-0.25, -0.2) is 9.97 Å². The maximum absolute atomic E-state index is 12.5. The first kappa shape index (κ1) is 19.9. The van der Waals surface area contributed by atoms with Crippen molar-refractivity contribution in [2.24, 2.45) is 0 Å². The molecule has 0 aliphatic rings. The summed E-state index contributed by atoms with van der Waals surface area (Å²) in [6.07, 6.45) is 1.43. The molecule has 1 aromatic carbocycles. The van der Waals surface area contributed by atoms with Crippen LogP contribution >= 0.6 is 11.6 Å². The van der Waals surface area contributed by atoms with Gasteiger partial charge in [-0.3, -0.25) is 4.79 Å². The van der Waals surface area contributed by atoms with E-state index in [-0.39, 0.29) is 17.3 Å². The van der Waals surface area contributed by atoms with Crippen molar-refractivity contribution in [1.29, 1.82) is 0 Å². The number of benzene rings is 1. The van der Waals surface area contributed by atoms with Crippen LogP contribution in [0.4, 0.5) is 0 Å². The second-order valence-corrected chi connectivity index (χ2v) is 8.05. The lowest BCUT2D eigenvalue weighted by atomic mass is 9.96. The van der Waals surface area contributed by atoms with Crippen LogP contribution in [0.2, 0.25) is 5.15 Å². The number of aryl methyl sites for hydroxylation is 1. The average molecular weight is 400 g/mol. The molecule has 8 heteroatoms. The van der Waals surface area contributed by atoms with Crippen LogP contribution in [0.5, 0.6) is 0 Å². The van der Waals surface area contributed by atoms with Crippen LogP contribution in [0, 0.1) is 6.92 Å². The van der Waals surface area contributed by atoms with Gasteiger partial charge in [0.2, 0.25) is 0 Å². The summed E-state index contributed by atoms with van der Waals surface area (Å²) in [4.78, 5) is 24.8. The van der Waals surface area contributed by atoms with E-state index in [4.69, 9.17) is 16.1 Å².